The molecule has 4 rings (SSSR count). The Kier molecular flexibility index (Phi) is 8.26. The van der Waals surface area contributed by atoms with Gasteiger partial charge in [0.1, 0.15) is 17.3 Å². The Labute approximate surface area is 230 Å². The molecule has 1 saturated heterocycles. The van der Waals surface area contributed by atoms with E-state index in [1.54, 1.807) is 0 Å². The average molecular weight is 568 g/mol. The monoisotopic (exact) mass is 568 g/mol. The summed E-state index contributed by atoms with van der Waals surface area (Å²) in [4.78, 5) is 61.0. The summed E-state index contributed by atoms with van der Waals surface area (Å²) in [6.07, 6.45) is 1.19. The second-order valence-corrected chi connectivity index (χ2v) is 8.28. The number of halogens is 1. The molecule has 1 aliphatic heterocycles. The second-order valence-electron chi connectivity index (χ2n) is 8.28. The number of para-hydroxylation sites is 1. The van der Waals surface area contributed by atoms with E-state index in [0.717, 1.165) is 17.0 Å². The quantitative estimate of drug-likeness (QED) is 0.121. The summed E-state index contributed by atoms with van der Waals surface area (Å²) in [5.41, 5.74) is -0.815. The number of esters is 1. The minimum Gasteiger partial charge on any atom is -0.493 e. The van der Waals surface area contributed by atoms with Crippen LogP contribution in [0.3, 0.4) is 0 Å². The van der Waals surface area contributed by atoms with Gasteiger partial charge in [0.25, 0.3) is 11.8 Å². The molecule has 0 spiro atoms. The van der Waals surface area contributed by atoms with E-state index in [9.17, 15) is 33.7 Å². The zero-order chi connectivity index (χ0) is 29.7. The lowest BCUT2D eigenvalue weighted by Crippen LogP contribution is -2.30. The number of urea groups is 1. The number of imide groups is 1. The van der Waals surface area contributed by atoms with Crippen LogP contribution in [0.4, 0.5) is 20.6 Å². The lowest BCUT2D eigenvalue weighted by molar-refractivity contribution is -0.385. The second kappa shape index (κ2) is 12.0. The van der Waals surface area contributed by atoms with Crippen molar-refractivity contribution < 1.29 is 47.1 Å². The lowest BCUT2D eigenvalue weighted by Gasteiger charge is -2.12. The Morgan fingerprint density at radius 3 is 2.61 bits per heavy atom. The van der Waals surface area contributed by atoms with Crippen molar-refractivity contribution in [3.63, 3.8) is 0 Å². The van der Waals surface area contributed by atoms with Crippen LogP contribution in [0.15, 0.2) is 58.6 Å². The maximum absolute atomic E-state index is 13.8. The van der Waals surface area contributed by atoms with E-state index >= 15 is 0 Å². The topological polar surface area (TPSA) is 180 Å². The third-order valence-electron chi connectivity index (χ3n) is 5.61. The fourth-order valence-corrected chi connectivity index (χ4v) is 3.72. The Hall–Kier alpha value is -5.73. The van der Waals surface area contributed by atoms with Crippen LogP contribution in [0.5, 0.6) is 11.5 Å². The molecule has 4 amide bonds. The third kappa shape index (κ3) is 6.30. The van der Waals surface area contributed by atoms with E-state index in [4.69, 9.17) is 13.9 Å². The Morgan fingerprint density at radius 1 is 1.17 bits per heavy atom. The number of carbonyl (C=O) groups excluding carboxylic acids is 4. The van der Waals surface area contributed by atoms with Crippen molar-refractivity contribution in [1.29, 1.82) is 0 Å². The first-order chi connectivity index (χ1) is 19.6. The van der Waals surface area contributed by atoms with Crippen LogP contribution in [0.25, 0.3) is 6.08 Å². The number of hydrogen-bond acceptors (Lipinski definition) is 10. The van der Waals surface area contributed by atoms with Crippen LogP contribution in [0.2, 0.25) is 0 Å². The highest BCUT2D eigenvalue weighted by atomic mass is 19.1. The number of anilines is 1. The molecule has 1 aromatic heterocycles. The number of methoxy groups -OCH3 is 2. The zero-order valence-electron chi connectivity index (χ0n) is 21.5. The summed E-state index contributed by atoms with van der Waals surface area (Å²) in [5.74, 6) is -3.48. The van der Waals surface area contributed by atoms with Crippen LogP contribution in [-0.4, -0.2) is 54.5 Å². The molecule has 212 valence electrons. The maximum atomic E-state index is 13.8. The smallest absolute Gasteiger partial charge is 0.373 e. The van der Waals surface area contributed by atoms with Crippen molar-refractivity contribution in [1.82, 2.24) is 10.2 Å². The van der Waals surface area contributed by atoms with E-state index in [-0.39, 0.29) is 46.5 Å². The first kappa shape index (κ1) is 28.3. The van der Waals surface area contributed by atoms with Gasteiger partial charge in [-0.2, -0.15) is 0 Å². The molecule has 0 bridgehead atoms. The van der Waals surface area contributed by atoms with Crippen molar-refractivity contribution in [2.24, 2.45) is 0 Å². The summed E-state index contributed by atoms with van der Waals surface area (Å²) in [5, 5.41) is 16.5. The fraction of sp³-hybridized carbons (Fsp3) is 0.154. The Bertz CT molecular complexity index is 1580. The van der Waals surface area contributed by atoms with E-state index in [0.29, 0.717) is 0 Å². The van der Waals surface area contributed by atoms with E-state index in [2.05, 4.69) is 15.4 Å². The van der Waals surface area contributed by atoms with Gasteiger partial charge in [0.15, 0.2) is 12.4 Å². The number of rotatable bonds is 10. The number of nitrogens with zero attached hydrogens (tertiary/aromatic N) is 2. The molecule has 14 nitrogen and oxygen atoms in total. The number of furan rings is 1. The Balaban J connectivity index is 1.53. The number of benzene rings is 2. The SMILES string of the molecule is COC(=O)c1ccc(CN2C(=O)N/C(=C\c3cc(OC)c(OCC(=O)Nc4ccccc4F)c([N+](=O)[O-])c3)C2=O)o1. The molecule has 0 unspecified atom stereocenters. The minimum atomic E-state index is -0.792. The maximum Gasteiger partial charge on any atom is 0.373 e. The number of hydrogen-bond donors (Lipinski definition) is 2. The molecule has 1 fully saturated rings. The molecular formula is C26H21FN4O10. The standard InChI is InChI=1S/C26H21FN4O10/c1-38-21-11-14(9-18-24(33)30(26(35)29-18)12-15-7-8-20(41-15)25(34)39-2)10-19(31(36)37)23(21)40-13-22(32)28-17-6-4-3-5-16(17)27/h3-11H,12-13H2,1-2H3,(H,28,32)(H,29,35)/b18-9-. The molecule has 0 aliphatic carbocycles. The summed E-state index contributed by atoms with van der Waals surface area (Å²) in [7, 11) is 2.38. The van der Waals surface area contributed by atoms with E-state index in [1.807, 2.05) is 0 Å². The number of ether oxygens (including phenoxy) is 3. The van der Waals surface area contributed by atoms with Gasteiger partial charge < -0.3 is 29.3 Å². The van der Waals surface area contributed by atoms with Gasteiger partial charge in [0, 0.05) is 6.07 Å². The molecule has 0 radical (unpaired) electrons. The molecule has 2 aromatic carbocycles. The number of nitro benzene ring substituents is 1. The summed E-state index contributed by atoms with van der Waals surface area (Å²) < 4.78 is 34.2. The minimum absolute atomic E-state index is 0.0909. The molecule has 2 N–H and O–H groups in total. The van der Waals surface area contributed by atoms with Crippen molar-refractivity contribution in [3.8, 4) is 11.5 Å². The predicted octanol–water partition coefficient (Wildman–Crippen LogP) is 3.23. The molecule has 0 atom stereocenters. The first-order valence-corrected chi connectivity index (χ1v) is 11.7. The summed E-state index contributed by atoms with van der Waals surface area (Å²) in [6, 6.07) is 9.71. The van der Waals surface area contributed by atoms with E-state index in [1.165, 1.54) is 56.7 Å². The van der Waals surface area contributed by atoms with Gasteiger partial charge in [0.05, 0.1) is 31.4 Å². The van der Waals surface area contributed by atoms with Crippen molar-refractivity contribution >= 4 is 41.3 Å². The van der Waals surface area contributed by atoms with Crippen molar-refractivity contribution in [2.75, 3.05) is 26.1 Å². The lowest BCUT2D eigenvalue weighted by atomic mass is 10.1. The fourth-order valence-electron chi connectivity index (χ4n) is 3.72. The van der Waals surface area contributed by atoms with Gasteiger partial charge in [-0.1, -0.05) is 12.1 Å². The summed E-state index contributed by atoms with van der Waals surface area (Å²) in [6.45, 7) is -1.01. The average Bonchev–Trinajstić information content (AvgIpc) is 3.52. The number of amides is 4. The molecule has 1 aliphatic rings. The van der Waals surface area contributed by atoms with Crippen LogP contribution in [0.1, 0.15) is 21.9 Å². The van der Waals surface area contributed by atoms with Crippen LogP contribution < -0.4 is 20.1 Å². The third-order valence-corrected chi connectivity index (χ3v) is 5.61. The molecule has 3 aromatic rings. The van der Waals surface area contributed by atoms with Gasteiger partial charge in [-0.15, -0.1) is 0 Å². The number of nitrogens with one attached hydrogen (secondary N) is 2. The molecule has 0 saturated carbocycles. The molecule has 15 heteroatoms. The normalized spacial score (nSPS) is 13.6. The first-order valence-electron chi connectivity index (χ1n) is 11.7. The van der Waals surface area contributed by atoms with Gasteiger partial charge >= 0.3 is 17.7 Å². The molecular weight excluding hydrogens is 547 g/mol. The van der Waals surface area contributed by atoms with Crippen LogP contribution in [0, 0.1) is 15.9 Å². The van der Waals surface area contributed by atoms with Crippen molar-refractivity contribution in [3.05, 3.63) is 87.2 Å². The van der Waals surface area contributed by atoms with Crippen LogP contribution in [-0.2, 0) is 20.9 Å². The van der Waals surface area contributed by atoms with Crippen LogP contribution >= 0.6 is 0 Å². The molecule has 41 heavy (non-hydrogen) atoms. The van der Waals surface area contributed by atoms with Gasteiger partial charge in [0.2, 0.25) is 11.5 Å². The highest BCUT2D eigenvalue weighted by Crippen LogP contribution is 2.39. The number of nitro groups is 1. The largest absolute Gasteiger partial charge is 0.493 e. The van der Waals surface area contributed by atoms with Gasteiger partial charge in [-0.25, -0.2) is 14.0 Å². The predicted molar refractivity (Wildman–Crippen MR) is 137 cm³/mol. The zero-order valence-corrected chi connectivity index (χ0v) is 21.5. The Morgan fingerprint density at radius 2 is 1.93 bits per heavy atom. The highest BCUT2D eigenvalue weighted by Gasteiger charge is 2.35. The van der Waals surface area contributed by atoms with E-state index < -0.39 is 46.8 Å². The molecule has 2 heterocycles. The van der Waals surface area contributed by atoms with Crippen molar-refractivity contribution in [2.45, 2.75) is 6.54 Å². The summed E-state index contributed by atoms with van der Waals surface area (Å²) >= 11 is 0. The van der Waals surface area contributed by atoms with Gasteiger partial charge in [-0.3, -0.25) is 24.6 Å². The van der Waals surface area contributed by atoms with Gasteiger partial charge in [-0.05, 0) is 42.0 Å². The number of carbonyl (C=O) groups is 4. The highest BCUT2D eigenvalue weighted by molar-refractivity contribution is 6.14.